The quantitative estimate of drug-likeness (QED) is 0.695. The summed E-state index contributed by atoms with van der Waals surface area (Å²) in [4.78, 5) is 0. The third kappa shape index (κ3) is 2.96. The smallest absolute Gasteiger partial charge is 0.326 e. The summed E-state index contributed by atoms with van der Waals surface area (Å²) in [5.41, 5.74) is 8.16. The van der Waals surface area contributed by atoms with Gasteiger partial charge in [-0.1, -0.05) is 6.07 Å². The molecular weight excluding hydrogens is 290 g/mol. The number of anilines is 1. The predicted octanol–water partition coefficient (Wildman–Crippen LogP) is 2.44. The van der Waals surface area contributed by atoms with Crippen LogP contribution in [-0.2, 0) is 6.54 Å². The van der Waals surface area contributed by atoms with E-state index in [2.05, 4.69) is 15.5 Å². The van der Waals surface area contributed by atoms with E-state index in [1.807, 2.05) is 0 Å². The van der Waals surface area contributed by atoms with Gasteiger partial charge in [0.15, 0.2) is 5.82 Å². The molecule has 9 heteroatoms. The fourth-order valence-electron chi connectivity index (χ4n) is 1.88. The minimum absolute atomic E-state index is 0.0282. The highest BCUT2D eigenvalue weighted by atomic mass is 19.3. The van der Waals surface area contributed by atoms with Gasteiger partial charge in [-0.3, -0.25) is 0 Å². The number of alkyl halides is 4. The molecule has 0 spiro atoms. The van der Waals surface area contributed by atoms with Gasteiger partial charge in [0.25, 0.3) is 0 Å². The molecule has 2 rings (SSSR count). The summed E-state index contributed by atoms with van der Waals surface area (Å²) in [6.07, 6.45) is -3.79. The Balaban J connectivity index is 2.44. The number of nitrogens with zero attached hydrogens (tertiary/aromatic N) is 4. The lowest BCUT2D eigenvalue weighted by Crippen LogP contribution is -2.33. The highest BCUT2D eigenvalue weighted by molar-refractivity contribution is 5.67. The van der Waals surface area contributed by atoms with E-state index >= 15 is 0 Å². The largest absolute Gasteiger partial charge is 0.398 e. The molecule has 1 heterocycles. The van der Waals surface area contributed by atoms with Crippen LogP contribution in [-0.4, -0.2) is 32.6 Å². The van der Waals surface area contributed by atoms with Gasteiger partial charge in [-0.25, -0.2) is 13.5 Å². The van der Waals surface area contributed by atoms with Crippen LogP contribution in [0.15, 0.2) is 12.1 Å². The second-order valence-electron chi connectivity index (χ2n) is 4.75. The number of benzene rings is 1. The first-order valence-electron chi connectivity index (χ1n) is 6.01. The van der Waals surface area contributed by atoms with Crippen molar-refractivity contribution in [3.63, 3.8) is 0 Å². The van der Waals surface area contributed by atoms with Crippen molar-refractivity contribution in [2.75, 3.05) is 5.73 Å². The second kappa shape index (κ2) is 5.30. The van der Waals surface area contributed by atoms with Crippen molar-refractivity contribution in [1.29, 1.82) is 0 Å². The average molecular weight is 303 g/mol. The standard InChI is InChI=1S/C12H13F4N5/c1-6-3-7(2)9(17)4-8(6)10-18-19-20-21(10)5-12(15,16)11(13)14/h3-4,11H,5,17H2,1-2H3. The molecule has 0 amide bonds. The fraction of sp³-hybridized carbons (Fsp3) is 0.417. The molecule has 0 aliphatic heterocycles. The highest BCUT2D eigenvalue weighted by Crippen LogP contribution is 2.29. The van der Waals surface area contributed by atoms with Gasteiger partial charge in [0.2, 0.25) is 0 Å². The Labute approximate surface area is 117 Å². The lowest BCUT2D eigenvalue weighted by atomic mass is 10.0. The molecule has 114 valence electrons. The second-order valence-corrected chi connectivity index (χ2v) is 4.75. The zero-order valence-corrected chi connectivity index (χ0v) is 11.3. The molecule has 0 radical (unpaired) electrons. The fourth-order valence-corrected chi connectivity index (χ4v) is 1.88. The third-order valence-corrected chi connectivity index (χ3v) is 3.07. The zero-order chi connectivity index (χ0) is 15.8. The van der Waals surface area contributed by atoms with Crippen molar-refractivity contribution >= 4 is 5.69 Å². The van der Waals surface area contributed by atoms with Gasteiger partial charge >= 0.3 is 12.3 Å². The summed E-state index contributed by atoms with van der Waals surface area (Å²) >= 11 is 0. The van der Waals surface area contributed by atoms with Gasteiger partial charge in [-0.2, -0.15) is 8.78 Å². The first kappa shape index (κ1) is 15.2. The van der Waals surface area contributed by atoms with E-state index in [0.717, 1.165) is 5.56 Å². The average Bonchev–Trinajstić information content (AvgIpc) is 2.81. The van der Waals surface area contributed by atoms with Crippen LogP contribution in [0.2, 0.25) is 0 Å². The summed E-state index contributed by atoms with van der Waals surface area (Å²) < 4.78 is 51.5. The number of hydrogen-bond acceptors (Lipinski definition) is 4. The Morgan fingerprint density at radius 3 is 2.52 bits per heavy atom. The van der Waals surface area contributed by atoms with E-state index in [-0.39, 0.29) is 5.82 Å². The summed E-state index contributed by atoms with van der Waals surface area (Å²) in [5, 5.41) is 10.3. The molecular formula is C12H13F4N5. The first-order chi connectivity index (χ1) is 9.72. The van der Waals surface area contributed by atoms with Gasteiger partial charge in [-0.15, -0.1) is 5.10 Å². The van der Waals surface area contributed by atoms with Crippen molar-refractivity contribution in [2.24, 2.45) is 0 Å². The third-order valence-electron chi connectivity index (χ3n) is 3.07. The number of tetrazole rings is 1. The van der Waals surface area contributed by atoms with Crippen molar-refractivity contribution < 1.29 is 17.6 Å². The van der Waals surface area contributed by atoms with E-state index in [0.29, 0.717) is 21.5 Å². The monoisotopic (exact) mass is 303 g/mol. The molecule has 0 aliphatic carbocycles. The molecule has 1 aromatic heterocycles. The summed E-state index contributed by atoms with van der Waals surface area (Å²) in [6.45, 7) is 2.21. The Kier molecular flexibility index (Phi) is 3.84. The summed E-state index contributed by atoms with van der Waals surface area (Å²) in [6, 6.07) is 3.28. The van der Waals surface area contributed by atoms with Gasteiger partial charge < -0.3 is 5.73 Å². The lowest BCUT2D eigenvalue weighted by Gasteiger charge is -2.16. The van der Waals surface area contributed by atoms with Crippen LogP contribution < -0.4 is 5.73 Å². The number of hydrogen-bond donors (Lipinski definition) is 1. The highest BCUT2D eigenvalue weighted by Gasteiger charge is 2.42. The van der Waals surface area contributed by atoms with Crippen LogP contribution in [0.3, 0.4) is 0 Å². The molecule has 2 aromatic rings. The van der Waals surface area contributed by atoms with Crippen LogP contribution in [0.5, 0.6) is 0 Å². The molecule has 0 bridgehead atoms. The van der Waals surface area contributed by atoms with Crippen molar-refractivity contribution in [3.05, 3.63) is 23.3 Å². The Bertz CT molecular complexity index is 653. The van der Waals surface area contributed by atoms with E-state index in [1.54, 1.807) is 19.9 Å². The molecule has 1 aromatic carbocycles. The van der Waals surface area contributed by atoms with Crippen LogP contribution in [0.4, 0.5) is 23.2 Å². The van der Waals surface area contributed by atoms with Gasteiger partial charge in [-0.05, 0) is 41.5 Å². The number of aryl methyl sites for hydroxylation is 2. The minimum atomic E-state index is -4.21. The number of rotatable bonds is 4. The number of nitrogen functional groups attached to an aromatic ring is 1. The Hall–Kier alpha value is -2.19. The van der Waals surface area contributed by atoms with Crippen LogP contribution in [0, 0.1) is 13.8 Å². The Morgan fingerprint density at radius 1 is 1.24 bits per heavy atom. The van der Waals surface area contributed by atoms with Crippen LogP contribution >= 0.6 is 0 Å². The van der Waals surface area contributed by atoms with Crippen molar-refractivity contribution in [2.45, 2.75) is 32.7 Å². The number of aromatic nitrogens is 4. The van der Waals surface area contributed by atoms with Crippen LogP contribution in [0.1, 0.15) is 11.1 Å². The van der Waals surface area contributed by atoms with Gasteiger partial charge in [0.1, 0.15) is 6.54 Å². The molecule has 0 fully saturated rings. The topological polar surface area (TPSA) is 69.6 Å². The molecule has 0 unspecified atom stereocenters. The van der Waals surface area contributed by atoms with Crippen molar-refractivity contribution in [1.82, 2.24) is 20.2 Å². The Morgan fingerprint density at radius 2 is 1.90 bits per heavy atom. The molecule has 21 heavy (non-hydrogen) atoms. The minimum Gasteiger partial charge on any atom is -0.398 e. The molecule has 0 saturated carbocycles. The number of nitrogens with two attached hydrogens (primary N) is 1. The van der Waals surface area contributed by atoms with E-state index in [1.165, 1.54) is 6.07 Å². The maximum absolute atomic E-state index is 13.2. The van der Waals surface area contributed by atoms with Crippen molar-refractivity contribution in [3.8, 4) is 11.4 Å². The van der Waals surface area contributed by atoms with E-state index in [4.69, 9.17) is 5.73 Å². The predicted molar refractivity (Wildman–Crippen MR) is 68.1 cm³/mol. The zero-order valence-electron chi connectivity index (χ0n) is 11.3. The molecule has 0 atom stereocenters. The SMILES string of the molecule is Cc1cc(C)c(-c2nnnn2CC(F)(F)C(F)F)cc1N. The lowest BCUT2D eigenvalue weighted by molar-refractivity contribution is -0.139. The number of halogens is 4. The first-order valence-corrected chi connectivity index (χ1v) is 6.01. The molecule has 0 aliphatic rings. The maximum atomic E-state index is 13.2. The van der Waals surface area contributed by atoms with E-state index in [9.17, 15) is 17.6 Å². The molecule has 0 saturated heterocycles. The van der Waals surface area contributed by atoms with Gasteiger partial charge in [0, 0.05) is 11.3 Å². The summed E-state index contributed by atoms with van der Waals surface area (Å²) in [7, 11) is 0. The van der Waals surface area contributed by atoms with E-state index < -0.39 is 18.9 Å². The van der Waals surface area contributed by atoms with Gasteiger partial charge in [0.05, 0.1) is 0 Å². The normalized spacial score (nSPS) is 12.1. The maximum Gasteiger partial charge on any atom is 0.326 e. The molecule has 5 nitrogen and oxygen atoms in total. The van der Waals surface area contributed by atoms with Crippen LogP contribution in [0.25, 0.3) is 11.4 Å². The molecule has 2 N–H and O–H groups in total. The summed E-state index contributed by atoms with van der Waals surface area (Å²) in [5.74, 6) is -4.24.